The number of rotatable bonds is 4. The molecule has 0 atom stereocenters. The summed E-state index contributed by atoms with van der Waals surface area (Å²) < 4.78 is 5.09. The largest absolute Gasteiger partial charge is 0.467 e. The number of amides is 1. The third kappa shape index (κ3) is 3.82. The lowest BCUT2D eigenvalue weighted by atomic mass is 10.1. The molecule has 2 aromatic rings. The topological polar surface area (TPSA) is 89.8 Å². The van der Waals surface area contributed by atoms with Gasteiger partial charge in [0.1, 0.15) is 17.4 Å². The summed E-state index contributed by atoms with van der Waals surface area (Å²) in [6.07, 6.45) is 2.98. The average Bonchev–Trinajstić information content (AvgIpc) is 3.04. The standard InChI is InChI=1S/C16H11N3O2/c17-9-13-5-3-12(4-6-13)8-14(10-18)16(20)19-11-15-2-1-7-21-15/h1-8H,11H2,(H,19,20). The number of furan rings is 1. The van der Waals surface area contributed by atoms with Gasteiger partial charge >= 0.3 is 0 Å². The maximum Gasteiger partial charge on any atom is 0.262 e. The minimum absolute atomic E-state index is 0.00809. The molecule has 0 bridgehead atoms. The second kappa shape index (κ2) is 6.74. The van der Waals surface area contributed by atoms with Crippen LogP contribution in [0.1, 0.15) is 16.9 Å². The van der Waals surface area contributed by atoms with E-state index in [1.807, 2.05) is 12.1 Å². The Morgan fingerprint density at radius 3 is 2.57 bits per heavy atom. The van der Waals surface area contributed by atoms with Crippen LogP contribution in [0, 0.1) is 22.7 Å². The highest BCUT2D eigenvalue weighted by atomic mass is 16.3. The van der Waals surface area contributed by atoms with Crippen molar-refractivity contribution in [3.8, 4) is 12.1 Å². The summed E-state index contributed by atoms with van der Waals surface area (Å²) in [6.45, 7) is 0.220. The number of hydrogen-bond donors (Lipinski definition) is 1. The average molecular weight is 277 g/mol. The fourth-order valence-corrected chi connectivity index (χ4v) is 1.64. The number of nitrogens with zero attached hydrogens (tertiary/aromatic N) is 2. The van der Waals surface area contributed by atoms with Gasteiger partial charge in [-0.15, -0.1) is 0 Å². The number of carbonyl (C=O) groups excluding carboxylic acids is 1. The van der Waals surface area contributed by atoms with Crippen molar-refractivity contribution in [3.05, 3.63) is 65.1 Å². The lowest BCUT2D eigenvalue weighted by molar-refractivity contribution is -0.117. The minimum Gasteiger partial charge on any atom is -0.467 e. The molecule has 0 fully saturated rings. The Morgan fingerprint density at radius 1 is 1.24 bits per heavy atom. The second-order valence-corrected chi connectivity index (χ2v) is 4.17. The first-order valence-electron chi connectivity index (χ1n) is 6.15. The van der Waals surface area contributed by atoms with Crippen LogP contribution in [0.2, 0.25) is 0 Å². The third-order valence-corrected chi connectivity index (χ3v) is 2.72. The fraction of sp³-hybridized carbons (Fsp3) is 0.0625. The molecule has 0 unspecified atom stereocenters. The molecule has 0 aliphatic rings. The van der Waals surface area contributed by atoms with Gasteiger partial charge < -0.3 is 9.73 Å². The van der Waals surface area contributed by atoms with Crippen LogP contribution in [0.15, 0.2) is 52.7 Å². The molecule has 0 aliphatic heterocycles. The molecule has 102 valence electrons. The van der Waals surface area contributed by atoms with Crippen molar-refractivity contribution >= 4 is 12.0 Å². The predicted octanol–water partition coefficient (Wildman–Crippen LogP) is 2.37. The van der Waals surface area contributed by atoms with Crippen LogP contribution in [0.5, 0.6) is 0 Å². The molecule has 21 heavy (non-hydrogen) atoms. The molecule has 0 radical (unpaired) electrons. The molecule has 1 amide bonds. The summed E-state index contributed by atoms with van der Waals surface area (Å²) in [5.74, 6) is 0.136. The Labute approximate surface area is 121 Å². The molecule has 5 nitrogen and oxygen atoms in total. The SMILES string of the molecule is N#CC(=Cc1ccc(C#N)cc1)C(=O)NCc1ccco1. The van der Waals surface area contributed by atoms with E-state index >= 15 is 0 Å². The van der Waals surface area contributed by atoms with Gasteiger partial charge in [-0.05, 0) is 35.9 Å². The first-order chi connectivity index (χ1) is 10.2. The third-order valence-electron chi connectivity index (χ3n) is 2.72. The van der Waals surface area contributed by atoms with Crippen LogP contribution < -0.4 is 5.32 Å². The van der Waals surface area contributed by atoms with Crippen molar-refractivity contribution in [2.75, 3.05) is 0 Å². The van der Waals surface area contributed by atoms with E-state index in [9.17, 15) is 4.79 Å². The molecular weight excluding hydrogens is 266 g/mol. The highest BCUT2D eigenvalue weighted by molar-refractivity contribution is 6.01. The number of nitrogens with one attached hydrogen (secondary N) is 1. The van der Waals surface area contributed by atoms with E-state index in [-0.39, 0.29) is 12.1 Å². The summed E-state index contributed by atoms with van der Waals surface area (Å²) in [5.41, 5.74) is 1.19. The van der Waals surface area contributed by atoms with Crippen molar-refractivity contribution in [2.24, 2.45) is 0 Å². The van der Waals surface area contributed by atoms with Crippen molar-refractivity contribution in [2.45, 2.75) is 6.54 Å². The Kier molecular flexibility index (Phi) is 4.53. The molecule has 1 N–H and O–H groups in total. The molecule has 0 saturated heterocycles. The maximum atomic E-state index is 11.9. The zero-order valence-electron chi connectivity index (χ0n) is 11.0. The maximum absolute atomic E-state index is 11.9. The quantitative estimate of drug-likeness (QED) is 0.686. The highest BCUT2D eigenvalue weighted by Gasteiger charge is 2.09. The molecule has 2 rings (SSSR count). The van der Waals surface area contributed by atoms with E-state index in [1.54, 1.807) is 36.4 Å². The van der Waals surface area contributed by atoms with Gasteiger partial charge in [-0.2, -0.15) is 10.5 Å². The Morgan fingerprint density at radius 2 is 2.00 bits per heavy atom. The van der Waals surface area contributed by atoms with Crippen molar-refractivity contribution < 1.29 is 9.21 Å². The van der Waals surface area contributed by atoms with Crippen molar-refractivity contribution in [3.63, 3.8) is 0 Å². The van der Waals surface area contributed by atoms with E-state index < -0.39 is 5.91 Å². The van der Waals surface area contributed by atoms with Crippen LogP contribution in [-0.4, -0.2) is 5.91 Å². The molecule has 0 spiro atoms. The molecule has 0 aliphatic carbocycles. The summed E-state index contributed by atoms with van der Waals surface area (Å²) in [5, 5.41) is 20.4. The van der Waals surface area contributed by atoms with E-state index in [1.165, 1.54) is 12.3 Å². The van der Waals surface area contributed by atoms with E-state index in [0.717, 1.165) is 0 Å². The van der Waals surface area contributed by atoms with Crippen LogP contribution in [-0.2, 0) is 11.3 Å². The van der Waals surface area contributed by atoms with Gasteiger partial charge in [0, 0.05) is 0 Å². The summed E-state index contributed by atoms with van der Waals surface area (Å²) in [4.78, 5) is 11.9. The zero-order valence-corrected chi connectivity index (χ0v) is 11.0. The van der Waals surface area contributed by atoms with E-state index in [4.69, 9.17) is 14.9 Å². The molecule has 5 heteroatoms. The van der Waals surface area contributed by atoms with Crippen LogP contribution in [0.3, 0.4) is 0 Å². The van der Waals surface area contributed by atoms with E-state index in [2.05, 4.69) is 5.32 Å². The van der Waals surface area contributed by atoms with Gasteiger partial charge in [0.15, 0.2) is 0 Å². The van der Waals surface area contributed by atoms with Gasteiger partial charge in [-0.1, -0.05) is 12.1 Å². The van der Waals surface area contributed by atoms with Crippen molar-refractivity contribution in [1.29, 1.82) is 10.5 Å². The summed E-state index contributed by atoms with van der Waals surface area (Å²) >= 11 is 0. The van der Waals surface area contributed by atoms with Gasteiger partial charge in [-0.3, -0.25) is 4.79 Å². The molecular formula is C16H11N3O2. The molecule has 1 heterocycles. The van der Waals surface area contributed by atoms with Crippen molar-refractivity contribution in [1.82, 2.24) is 5.32 Å². The highest BCUT2D eigenvalue weighted by Crippen LogP contribution is 2.09. The lowest BCUT2D eigenvalue weighted by Crippen LogP contribution is -2.23. The minimum atomic E-state index is -0.474. The summed E-state index contributed by atoms with van der Waals surface area (Å²) in [7, 11) is 0. The number of nitriles is 2. The first kappa shape index (κ1) is 14.1. The Bertz CT molecular complexity index is 729. The van der Waals surface area contributed by atoms with Crippen LogP contribution in [0.4, 0.5) is 0 Å². The molecule has 1 aromatic heterocycles. The van der Waals surface area contributed by atoms with Crippen LogP contribution >= 0.6 is 0 Å². The lowest BCUT2D eigenvalue weighted by Gasteiger charge is -2.02. The second-order valence-electron chi connectivity index (χ2n) is 4.17. The number of carbonyl (C=O) groups is 1. The fourth-order valence-electron chi connectivity index (χ4n) is 1.64. The Hall–Kier alpha value is -3.31. The first-order valence-corrected chi connectivity index (χ1v) is 6.15. The molecule has 1 aromatic carbocycles. The number of benzene rings is 1. The van der Waals surface area contributed by atoms with Gasteiger partial charge in [0.25, 0.3) is 5.91 Å². The van der Waals surface area contributed by atoms with Gasteiger partial charge in [-0.25, -0.2) is 0 Å². The van der Waals surface area contributed by atoms with E-state index in [0.29, 0.717) is 16.9 Å². The predicted molar refractivity (Wildman–Crippen MR) is 75.3 cm³/mol. The van der Waals surface area contributed by atoms with Gasteiger partial charge in [0.2, 0.25) is 0 Å². The Balaban J connectivity index is 2.07. The normalized spacial score (nSPS) is 10.5. The van der Waals surface area contributed by atoms with Gasteiger partial charge in [0.05, 0.1) is 24.4 Å². The summed E-state index contributed by atoms with van der Waals surface area (Å²) in [6, 6.07) is 13.9. The zero-order chi connectivity index (χ0) is 15.1. The number of hydrogen-bond acceptors (Lipinski definition) is 4. The monoisotopic (exact) mass is 277 g/mol. The molecule has 0 saturated carbocycles. The van der Waals surface area contributed by atoms with Crippen LogP contribution in [0.25, 0.3) is 6.08 Å². The smallest absolute Gasteiger partial charge is 0.262 e.